The maximum atomic E-state index is 12.5. The smallest absolute Gasteiger partial charge is 0.296 e. The second-order valence-corrected chi connectivity index (χ2v) is 6.66. The van der Waals surface area contributed by atoms with E-state index in [1.54, 1.807) is 23.7 Å². The van der Waals surface area contributed by atoms with Crippen LogP contribution in [0.3, 0.4) is 0 Å². The van der Waals surface area contributed by atoms with Crippen LogP contribution < -0.4 is 5.32 Å². The van der Waals surface area contributed by atoms with Gasteiger partial charge >= 0.3 is 6.18 Å². The van der Waals surface area contributed by atoms with Gasteiger partial charge in [0.2, 0.25) is 10.1 Å². The maximum absolute atomic E-state index is 12.5. The van der Waals surface area contributed by atoms with Gasteiger partial charge < -0.3 is 0 Å². The van der Waals surface area contributed by atoms with Gasteiger partial charge in [0.25, 0.3) is 5.91 Å². The Hall–Kier alpha value is -2.46. The number of benzene rings is 1. The Labute approximate surface area is 154 Å². The molecule has 1 amide bonds. The summed E-state index contributed by atoms with van der Waals surface area (Å²) in [5.74, 6) is -0.590. The van der Waals surface area contributed by atoms with Crippen molar-refractivity contribution >= 4 is 34.0 Å². The van der Waals surface area contributed by atoms with Crippen molar-refractivity contribution in [1.29, 1.82) is 0 Å². The largest absolute Gasteiger partial charge is 0.445 e. The van der Waals surface area contributed by atoms with Gasteiger partial charge in [0.05, 0.1) is 22.1 Å². The highest BCUT2D eigenvalue weighted by atomic mass is 35.5. The molecule has 0 atom stereocenters. The Morgan fingerprint density at radius 2 is 1.85 bits per heavy atom. The summed E-state index contributed by atoms with van der Waals surface area (Å²) >= 11 is 6.38. The van der Waals surface area contributed by atoms with Crippen molar-refractivity contribution in [3.05, 3.63) is 51.2 Å². The van der Waals surface area contributed by atoms with Crippen molar-refractivity contribution in [1.82, 2.24) is 20.0 Å². The molecule has 11 heteroatoms. The van der Waals surface area contributed by atoms with Crippen LogP contribution in [0.2, 0.25) is 5.02 Å². The lowest BCUT2D eigenvalue weighted by Crippen LogP contribution is -2.12. The van der Waals surface area contributed by atoms with E-state index in [9.17, 15) is 18.0 Å². The number of alkyl halides is 3. The number of nitrogens with one attached hydrogen (secondary N) is 1. The van der Waals surface area contributed by atoms with Crippen molar-refractivity contribution in [3.8, 4) is 5.69 Å². The molecule has 1 aromatic carbocycles. The SMILES string of the molecule is Cc1nn(-c2ccc(C(=O)Nc3nnc(C(F)(F)F)s3)cc2)c(C)c1Cl. The average Bonchev–Trinajstić information content (AvgIpc) is 3.15. The predicted octanol–water partition coefficient (Wildman–Crippen LogP) is 4.27. The van der Waals surface area contributed by atoms with Crippen molar-refractivity contribution in [2.45, 2.75) is 20.0 Å². The Kier molecular flexibility index (Phi) is 4.72. The van der Waals surface area contributed by atoms with Crippen LogP contribution in [-0.2, 0) is 6.18 Å². The lowest BCUT2D eigenvalue weighted by molar-refractivity contribution is -0.138. The molecule has 0 aliphatic carbocycles. The molecule has 6 nitrogen and oxygen atoms in total. The molecular formula is C15H11ClF3N5OS. The first-order valence-corrected chi connectivity index (χ1v) is 8.40. The van der Waals surface area contributed by atoms with Gasteiger partial charge in [0.1, 0.15) is 0 Å². The second kappa shape index (κ2) is 6.69. The molecule has 0 fully saturated rings. The summed E-state index contributed by atoms with van der Waals surface area (Å²) in [7, 11) is 0. The van der Waals surface area contributed by atoms with Crippen molar-refractivity contribution < 1.29 is 18.0 Å². The van der Waals surface area contributed by atoms with Crippen LogP contribution in [-0.4, -0.2) is 25.9 Å². The van der Waals surface area contributed by atoms with E-state index in [2.05, 4.69) is 20.6 Å². The summed E-state index contributed by atoms with van der Waals surface area (Å²) in [6, 6.07) is 6.37. The first kappa shape index (κ1) is 18.3. The molecule has 136 valence electrons. The number of anilines is 1. The molecule has 0 saturated heterocycles. The summed E-state index contributed by atoms with van der Waals surface area (Å²) in [5, 5.41) is 12.2. The van der Waals surface area contributed by atoms with Crippen LogP contribution in [0.4, 0.5) is 18.3 Å². The Bertz CT molecular complexity index is 965. The van der Waals surface area contributed by atoms with E-state index in [0.29, 0.717) is 16.4 Å². The fourth-order valence-corrected chi connectivity index (χ4v) is 2.91. The molecule has 0 bridgehead atoms. The quantitative estimate of drug-likeness (QED) is 0.711. The third kappa shape index (κ3) is 3.56. The maximum Gasteiger partial charge on any atom is 0.445 e. The lowest BCUT2D eigenvalue weighted by Gasteiger charge is -2.06. The Morgan fingerprint density at radius 3 is 2.35 bits per heavy atom. The first-order chi connectivity index (χ1) is 12.2. The van der Waals surface area contributed by atoms with Gasteiger partial charge in [-0.25, -0.2) is 4.68 Å². The number of aryl methyl sites for hydroxylation is 1. The van der Waals surface area contributed by atoms with Gasteiger partial charge in [-0.3, -0.25) is 10.1 Å². The number of hydrogen-bond acceptors (Lipinski definition) is 5. The number of aromatic nitrogens is 4. The summed E-state index contributed by atoms with van der Waals surface area (Å²) in [5.41, 5.74) is 2.40. The van der Waals surface area contributed by atoms with E-state index >= 15 is 0 Å². The van der Waals surface area contributed by atoms with Gasteiger partial charge in [-0.1, -0.05) is 22.9 Å². The van der Waals surface area contributed by atoms with Crippen LogP contribution in [0.5, 0.6) is 0 Å². The third-order valence-corrected chi connectivity index (χ3v) is 4.90. The van der Waals surface area contributed by atoms with Gasteiger partial charge in [0, 0.05) is 5.56 Å². The second-order valence-electron chi connectivity index (χ2n) is 5.31. The monoisotopic (exact) mass is 401 g/mol. The highest BCUT2D eigenvalue weighted by Crippen LogP contribution is 2.33. The van der Waals surface area contributed by atoms with E-state index in [4.69, 9.17) is 11.6 Å². The molecule has 0 unspecified atom stereocenters. The molecular weight excluding hydrogens is 391 g/mol. The summed E-state index contributed by atoms with van der Waals surface area (Å²) in [6.45, 7) is 3.60. The molecule has 1 N–H and O–H groups in total. The number of hydrogen-bond donors (Lipinski definition) is 1. The average molecular weight is 402 g/mol. The zero-order valence-corrected chi connectivity index (χ0v) is 15.0. The molecule has 0 aliphatic heterocycles. The molecule has 2 aromatic heterocycles. The van der Waals surface area contributed by atoms with Gasteiger partial charge in [-0.05, 0) is 38.1 Å². The number of carbonyl (C=O) groups is 1. The van der Waals surface area contributed by atoms with E-state index in [0.717, 1.165) is 5.69 Å². The fraction of sp³-hybridized carbons (Fsp3) is 0.200. The summed E-state index contributed by atoms with van der Waals surface area (Å²) in [4.78, 5) is 12.1. The highest BCUT2D eigenvalue weighted by molar-refractivity contribution is 7.15. The summed E-state index contributed by atoms with van der Waals surface area (Å²) in [6.07, 6.45) is -4.59. The van der Waals surface area contributed by atoms with E-state index < -0.39 is 17.1 Å². The fourth-order valence-electron chi connectivity index (χ4n) is 2.19. The van der Waals surface area contributed by atoms with Crippen molar-refractivity contribution in [3.63, 3.8) is 0 Å². The van der Waals surface area contributed by atoms with E-state index in [1.165, 1.54) is 12.1 Å². The number of carbonyl (C=O) groups excluding carboxylic acids is 1. The number of halogens is 4. The molecule has 2 heterocycles. The number of rotatable bonds is 3. The predicted molar refractivity (Wildman–Crippen MR) is 90.9 cm³/mol. The van der Waals surface area contributed by atoms with Gasteiger partial charge in [-0.2, -0.15) is 18.3 Å². The van der Waals surface area contributed by atoms with E-state index in [1.807, 2.05) is 6.92 Å². The van der Waals surface area contributed by atoms with Crippen molar-refractivity contribution in [2.75, 3.05) is 5.32 Å². The van der Waals surface area contributed by atoms with Gasteiger partial charge in [0.15, 0.2) is 0 Å². The van der Waals surface area contributed by atoms with Crippen LogP contribution in [0.15, 0.2) is 24.3 Å². The standard InChI is InChI=1S/C15H11ClF3N5OS/c1-7-11(16)8(2)24(23-7)10-5-3-9(4-6-10)12(25)20-14-22-21-13(26-14)15(17,18)19/h3-6H,1-2H3,(H,20,22,25). The summed E-state index contributed by atoms with van der Waals surface area (Å²) < 4.78 is 39.2. The molecule has 3 rings (SSSR count). The Balaban J connectivity index is 1.77. The van der Waals surface area contributed by atoms with Crippen molar-refractivity contribution in [2.24, 2.45) is 0 Å². The number of amides is 1. The normalized spacial score (nSPS) is 11.6. The zero-order valence-electron chi connectivity index (χ0n) is 13.4. The molecule has 0 spiro atoms. The van der Waals surface area contributed by atoms with Crippen LogP contribution in [0.1, 0.15) is 26.8 Å². The minimum atomic E-state index is -4.59. The molecule has 0 aliphatic rings. The first-order valence-electron chi connectivity index (χ1n) is 7.21. The minimum Gasteiger partial charge on any atom is -0.296 e. The molecule has 0 saturated carbocycles. The van der Waals surface area contributed by atoms with Crippen LogP contribution >= 0.6 is 22.9 Å². The lowest BCUT2D eigenvalue weighted by atomic mass is 10.2. The molecule has 26 heavy (non-hydrogen) atoms. The van der Waals surface area contributed by atoms with Gasteiger partial charge in [-0.15, -0.1) is 10.2 Å². The number of nitrogens with zero attached hydrogens (tertiary/aromatic N) is 4. The molecule has 3 aromatic rings. The van der Waals surface area contributed by atoms with Crippen LogP contribution in [0, 0.1) is 13.8 Å². The topological polar surface area (TPSA) is 72.7 Å². The Morgan fingerprint density at radius 1 is 1.19 bits per heavy atom. The highest BCUT2D eigenvalue weighted by Gasteiger charge is 2.35. The van der Waals surface area contributed by atoms with E-state index in [-0.39, 0.29) is 22.0 Å². The molecule has 0 radical (unpaired) electrons. The minimum absolute atomic E-state index is 0.225. The third-order valence-electron chi connectivity index (χ3n) is 3.47. The zero-order chi connectivity index (χ0) is 19.1. The van der Waals surface area contributed by atoms with Crippen LogP contribution in [0.25, 0.3) is 5.69 Å².